The summed E-state index contributed by atoms with van der Waals surface area (Å²) in [6, 6.07) is 7.47. The van der Waals surface area contributed by atoms with Crippen LogP contribution in [0.5, 0.6) is 5.75 Å². The molecule has 2 fully saturated rings. The van der Waals surface area contributed by atoms with Crippen molar-refractivity contribution in [3.63, 3.8) is 0 Å². The van der Waals surface area contributed by atoms with E-state index in [0.717, 1.165) is 11.0 Å². The Morgan fingerprint density at radius 1 is 1.18 bits per heavy atom. The molecule has 2 unspecified atom stereocenters. The van der Waals surface area contributed by atoms with Crippen LogP contribution < -0.4 is 15.8 Å². The maximum absolute atomic E-state index is 14.3. The zero-order chi connectivity index (χ0) is 27.8. The van der Waals surface area contributed by atoms with Gasteiger partial charge < -0.3 is 25.4 Å². The van der Waals surface area contributed by atoms with E-state index in [-0.39, 0.29) is 42.2 Å². The first-order valence-electron chi connectivity index (χ1n) is 12.4. The van der Waals surface area contributed by atoms with Gasteiger partial charge >= 0.3 is 18.0 Å². The Balaban J connectivity index is 1.32. The largest absolute Gasteiger partial charge is 0.482 e. The third-order valence-corrected chi connectivity index (χ3v) is 7.52. The minimum atomic E-state index is -0.782. The molecule has 1 aliphatic carbocycles. The van der Waals surface area contributed by atoms with Crippen LogP contribution in [0.3, 0.4) is 0 Å². The highest BCUT2D eigenvalue weighted by Crippen LogP contribution is 2.48. The maximum atomic E-state index is 14.3. The van der Waals surface area contributed by atoms with Crippen molar-refractivity contribution < 1.29 is 33.0 Å². The van der Waals surface area contributed by atoms with Crippen molar-refractivity contribution in [3.05, 3.63) is 59.0 Å². The van der Waals surface area contributed by atoms with Gasteiger partial charge in [0.25, 0.3) is 0 Å². The van der Waals surface area contributed by atoms with Gasteiger partial charge in [0.05, 0.1) is 29.4 Å². The first kappa shape index (κ1) is 26.5. The van der Waals surface area contributed by atoms with E-state index < -0.39 is 29.9 Å². The van der Waals surface area contributed by atoms with Crippen LogP contribution in [-0.4, -0.2) is 59.1 Å². The van der Waals surface area contributed by atoms with Gasteiger partial charge in [-0.1, -0.05) is 23.7 Å². The highest BCUT2D eigenvalue weighted by molar-refractivity contribution is 6.30. The van der Waals surface area contributed by atoms with Crippen molar-refractivity contribution in [1.82, 2.24) is 9.47 Å². The van der Waals surface area contributed by atoms with Crippen molar-refractivity contribution in [3.8, 4) is 5.75 Å². The van der Waals surface area contributed by atoms with E-state index >= 15 is 0 Å². The molecule has 1 saturated heterocycles. The molecule has 0 radical (unpaired) electrons. The normalized spacial score (nSPS) is 19.5. The number of benzene rings is 2. The van der Waals surface area contributed by atoms with Gasteiger partial charge in [-0.3, -0.25) is 9.36 Å². The Bertz CT molecular complexity index is 1490. The van der Waals surface area contributed by atoms with Crippen molar-refractivity contribution in [1.29, 1.82) is 0 Å². The molecule has 3 atom stereocenters. The molecule has 1 aliphatic heterocycles. The fourth-order valence-corrected chi connectivity index (χ4v) is 5.36. The highest BCUT2D eigenvalue weighted by atomic mass is 35.5. The zero-order valence-electron chi connectivity index (χ0n) is 21.0. The number of halogens is 2. The number of methoxy groups -OCH3 is 1. The Labute approximate surface area is 227 Å². The number of nitrogens with zero attached hydrogens (tertiary/aromatic N) is 2. The van der Waals surface area contributed by atoms with Crippen LogP contribution in [0.4, 0.5) is 19.7 Å². The second-order valence-corrected chi connectivity index (χ2v) is 10.0. The summed E-state index contributed by atoms with van der Waals surface area (Å²) in [5.74, 6) is -0.717. The molecular formula is C27H26ClFN4O6. The lowest BCUT2D eigenvalue weighted by Gasteiger charge is -2.27. The van der Waals surface area contributed by atoms with Crippen molar-refractivity contribution in [2.45, 2.75) is 37.8 Å². The number of hydrogen-bond acceptors (Lipinski definition) is 6. The molecule has 5 rings (SSSR count). The molecule has 0 spiro atoms. The quantitative estimate of drug-likeness (QED) is 0.401. The smallest absolute Gasteiger partial charge is 0.343 e. The second kappa shape index (κ2) is 10.6. The van der Waals surface area contributed by atoms with Crippen LogP contribution in [-0.2, 0) is 20.7 Å². The van der Waals surface area contributed by atoms with Gasteiger partial charge in [0.15, 0.2) is 12.4 Å². The van der Waals surface area contributed by atoms with E-state index in [2.05, 4.69) is 10.1 Å². The Morgan fingerprint density at radius 3 is 2.72 bits per heavy atom. The fraction of sp³-hybridized carbons (Fsp3) is 0.333. The number of ether oxygens (including phenoxy) is 2. The van der Waals surface area contributed by atoms with Gasteiger partial charge in [0.1, 0.15) is 11.6 Å². The van der Waals surface area contributed by atoms with Crippen molar-refractivity contribution in [2.24, 2.45) is 11.7 Å². The van der Waals surface area contributed by atoms with Crippen LogP contribution in [0.1, 0.15) is 24.8 Å². The molecule has 39 heavy (non-hydrogen) atoms. The first-order valence-corrected chi connectivity index (χ1v) is 12.7. The summed E-state index contributed by atoms with van der Waals surface area (Å²) in [5, 5.41) is 3.34. The van der Waals surface area contributed by atoms with Crippen molar-refractivity contribution >= 4 is 52.0 Å². The average Bonchev–Trinajstić information content (AvgIpc) is 3.43. The number of fused-ring (bicyclic) bond motifs is 2. The molecule has 2 aliphatic rings. The zero-order valence-corrected chi connectivity index (χ0v) is 21.7. The third kappa shape index (κ3) is 5.26. The summed E-state index contributed by atoms with van der Waals surface area (Å²) < 4.78 is 25.4. The Hall–Kier alpha value is -4.12. The molecule has 2 aromatic carbocycles. The van der Waals surface area contributed by atoms with Crippen LogP contribution in [0, 0.1) is 11.7 Å². The van der Waals surface area contributed by atoms with Gasteiger partial charge in [-0.2, -0.15) is 0 Å². The van der Waals surface area contributed by atoms with Gasteiger partial charge in [-0.25, -0.2) is 18.8 Å². The summed E-state index contributed by atoms with van der Waals surface area (Å²) in [6.45, 7) is -0.320. The van der Waals surface area contributed by atoms with Gasteiger partial charge in [-0.15, -0.1) is 0 Å². The molecule has 3 aromatic rings. The number of primary amides is 1. The topological polar surface area (TPSA) is 133 Å². The lowest BCUT2D eigenvalue weighted by atomic mass is 10.00. The molecule has 10 nitrogen and oxygen atoms in total. The van der Waals surface area contributed by atoms with E-state index in [1.807, 2.05) is 0 Å². The van der Waals surface area contributed by atoms with Crippen LogP contribution in [0.25, 0.3) is 10.9 Å². The number of anilines is 1. The number of nitrogens with two attached hydrogens (primary N) is 1. The number of urea groups is 1. The van der Waals surface area contributed by atoms with E-state index in [9.17, 15) is 23.6 Å². The minimum Gasteiger partial charge on any atom is -0.482 e. The first-order chi connectivity index (χ1) is 18.7. The number of aryl methyl sites for hydroxylation is 1. The second-order valence-electron chi connectivity index (χ2n) is 9.63. The van der Waals surface area contributed by atoms with E-state index in [0.29, 0.717) is 34.3 Å². The van der Waals surface area contributed by atoms with Crippen LogP contribution in [0.15, 0.2) is 42.6 Å². The number of carbonyl (C=O) groups excluding carboxylic acids is 4. The summed E-state index contributed by atoms with van der Waals surface area (Å²) >= 11 is 5.85. The van der Waals surface area contributed by atoms with E-state index in [1.165, 1.54) is 25.4 Å². The number of Topliss-reactive ketones (excluding diaryl/α,β-unsaturated/α-hetero) is 1. The number of nitrogens with one attached hydrogen (secondary N) is 1. The van der Waals surface area contributed by atoms with E-state index in [4.69, 9.17) is 22.1 Å². The standard InChI is InChI=1S/C27H26ClFN4O6/c1-38-24(35)13-39-16-6-7-17-19(12-32(26(30)36)21(17)11-16)31-27(37)33-20-9-15(20)10-22(33)23(34)8-5-14-3-2-4-18(28)25(14)29/h2-4,6-7,11-12,15,20,22H,5,8-10,13H2,1H3,(H2,30,36)(H,31,37)/t15?,20?,22-/m0/s1. The lowest BCUT2D eigenvalue weighted by Crippen LogP contribution is -2.45. The number of ketones is 1. The van der Waals surface area contributed by atoms with Crippen LogP contribution >= 0.6 is 11.6 Å². The minimum absolute atomic E-state index is 0.000312. The number of aromatic nitrogens is 1. The third-order valence-electron chi connectivity index (χ3n) is 7.22. The number of carbonyl (C=O) groups is 4. The molecule has 3 N–H and O–H groups in total. The summed E-state index contributed by atoms with van der Waals surface area (Å²) in [6.07, 6.45) is 3.01. The predicted molar refractivity (Wildman–Crippen MR) is 140 cm³/mol. The Morgan fingerprint density at radius 2 is 1.97 bits per heavy atom. The summed E-state index contributed by atoms with van der Waals surface area (Å²) in [4.78, 5) is 51.6. The average molecular weight is 557 g/mol. The molecule has 3 amide bonds. The highest BCUT2D eigenvalue weighted by Gasteiger charge is 2.55. The van der Waals surface area contributed by atoms with E-state index in [1.54, 1.807) is 29.2 Å². The van der Waals surface area contributed by atoms with Crippen LogP contribution in [0.2, 0.25) is 5.02 Å². The van der Waals surface area contributed by atoms with Gasteiger partial charge in [0, 0.05) is 30.1 Å². The molecule has 0 bridgehead atoms. The molecule has 2 heterocycles. The molecule has 12 heteroatoms. The molecule has 1 aromatic heterocycles. The number of likely N-dealkylation sites (tertiary alicyclic amines) is 1. The molecule has 204 valence electrons. The fourth-order valence-electron chi connectivity index (χ4n) is 5.16. The number of piperidine rings is 1. The summed E-state index contributed by atoms with van der Waals surface area (Å²) in [7, 11) is 1.24. The number of hydrogen-bond donors (Lipinski definition) is 2. The van der Waals surface area contributed by atoms with Gasteiger partial charge in [-0.05, 0) is 48.9 Å². The molecular weight excluding hydrogens is 531 g/mol. The Kier molecular flexibility index (Phi) is 7.17. The number of rotatable bonds is 8. The number of amides is 3. The van der Waals surface area contributed by atoms with Gasteiger partial charge in [0.2, 0.25) is 0 Å². The SMILES string of the molecule is COC(=O)COc1ccc2c(NC(=O)N3C4CC4C[C@H]3C(=O)CCc3cccc(Cl)c3F)cn(C(N)=O)c2c1. The lowest BCUT2D eigenvalue weighted by molar-refractivity contribution is -0.142. The summed E-state index contributed by atoms with van der Waals surface area (Å²) in [5.41, 5.74) is 6.58. The molecule has 1 saturated carbocycles. The van der Waals surface area contributed by atoms with Crippen molar-refractivity contribution in [2.75, 3.05) is 19.0 Å². The number of esters is 1. The monoisotopic (exact) mass is 556 g/mol. The maximum Gasteiger partial charge on any atom is 0.343 e. The predicted octanol–water partition coefficient (Wildman–Crippen LogP) is 4.11.